The molecule has 2 rings (SSSR count). The first kappa shape index (κ1) is 14.7. The number of ether oxygens (including phenoxy) is 1. The van der Waals surface area contributed by atoms with Crippen LogP contribution in [0.2, 0.25) is 0 Å². The number of carbonyl (C=O) groups excluding carboxylic acids is 1. The van der Waals surface area contributed by atoms with E-state index >= 15 is 0 Å². The molecule has 5 heteroatoms. The molecule has 1 aliphatic rings. The number of unbranched alkanes of at least 4 members (excludes halogenated alkanes) is 1. The maximum Gasteiger partial charge on any atom is 0.224 e. The van der Waals surface area contributed by atoms with Gasteiger partial charge in [-0.3, -0.25) is 4.79 Å². The molecule has 0 saturated carbocycles. The SMILES string of the molecule is CCCCC(=O)Nc1cc(N)ccc1N1CCOCC1. The Balaban J connectivity index is 2.12. The van der Waals surface area contributed by atoms with Crippen LogP contribution in [-0.4, -0.2) is 32.2 Å². The van der Waals surface area contributed by atoms with Crippen molar-refractivity contribution in [3.63, 3.8) is 0 Å². The summed E-state index contributed by atoms with van der Waals surface area (Å²) in [6, 6.07) is 5.66. The number of hydrogen-bond acceptors (Lipinski definition) is 4. The number of hydrogen-bond donors (Lipinski definition) is 2. The van der Waals surface area contributed by atoms with Crippen molar-refractivity contribution >= 4 is 23.0 Å². The molecule has 1 saturated heterocycles. The molecule has 0 spiro atoms. The molecule has 20 heavy (non-hydrogen) atoms. The van der Waals surface area contributed by atoms with Gasteiger partial charge in [0, 0.05) is 25.2 Å². The van der Waals surface area contributed by atoms with E-state index in [1.54, 1.807) is 0 Å². The molecule has 1 heterocycles. The molecule has 1 aliphatic heterocycles. The molecule has 1 fully saturated rings. The van der Waals surface area contributed by atoms with Gasteiger partial charge >= 0.3 is 0 Å². The summed E-state index contributed by atoms with van der Waals surface area (Å²) < 4.78 is 5.37. The number of anilines is 3. The standard InChI is InChI=1S/C15H23N3O2/c1-2-3-4-15(19)17-13-11-12(16)5-6-14(13)18-7-9-20-10-8-18/h5-6,11H,2-4,7-10,16H2,1H3,(H,17,19). The van der Waals surface area contributed by atoms with E-state index in [4.69, 9.17) is 10.5 Å². The number of carbonyl (C=O) groups is 1. The van der Waals surface area contributed by atoms with E-state index in [0.29, 0.717) is 25.3 Å². The first-order chi connectivity index (χ1) is 9.70. The fourth-order valence-corrected chi connectivity index (χ4v) is 2.28. The molecule has 3 N–H and O–H groups in total. The number of nitrogens with two attached hydrogens (primary N) is 1. The lowest BCUT2D eigenvalue weighted by molar-refractivity contribution is -0.116. The van der Waals surface area contributed by atoms with Crippen molar-refractivity contribution in [2.24, 2.45) is 0 Å². The Labute approximate surface area is 120 Å². The van der Waals surface area contributed by atoms with E-state index in [2.05, 4.69) is 17.1 Å². The van der Waals surface area contributed by atoms with Gasteiger partial charge in [-0.05, 0) is 24.6 Å². The van der Waals surface area contributed by atoms with Gasteiger partial charge in [0.15, 0.2) is 0 Å². The van der Waals surface area contributed by atoms with Crippen LogP contribution >= 0.6 is 0 Å². The monoisotopic (exact) mass is 277 g/mol. The highest BCUT2D eigenvalue weighted by Gasteiger charge is 2.16. The average Bonchev–Trinajstić information content (AvgIpc) is 2.46. The third kappa shape index (κ3) is 3.87. The van der Waals surface area contributed by atoms with E-state index in [1.165, 1.54) is 0 Å². The first-order valence-corrected chi connectivity index (χ1v) is 7.22. The highest BCUT2D eigenvalue weighted by atomic mass is 16.5. The molecule has 1 amide bonds. The highest BCUT2D eigenvalue weighted by Crippen LogP contribution is 2.29. The maximum absolute atomic E-state index is 11.9. The first-order valence-electron chi connectivity index (χ1n) is 7.22. The third-order valence-electron chi connectivity index (χ3n) is 3.40. The summed E-state index contributed by atoms with van der Waals surface area (Å²) in [5.41, 5.74) is 8.32. The Hall–Kier alpha value is -1.75. The van der Waals surface area contributed by atoms with E-state index in [0.717, 1.165) is 37.3 Å². The summed E-state index contributed by atoms with van der Waals surface area (Å²) in [6.07, 6.45) is 2.47. The van der Waals surface area contributed by atoms with Crippen molar-refractivity contribution in [3.05, 3.63) is 18.2 Å². The summed E-state index contributed by atoms with van der Waals surface area (Å²) in [4.78, 5) is 14.1. The zero-order chi connectivity index (χ0) is 14.4. The van der Waals surface area contributed by atoms with Crippen LogP contribution in [-0.2, 0) is 9.53 Å². The Morgan fingerprint density at radius 1 is 1.40 bits per heavy atom. The second kappa shape index (κ2) is 7.14. The third-order valence-corrected chi connectivity index (χ3v) is 3.40. The Bertz CT molecular complexity index is 456. The Morgan fingerprint density at radius 2 is 2.15 bits per heavy atom. The smallest absolute Gasteiger partial charge is 0.224 e. The van der Waals surface area contributed by atoms with Gasteiger partial charge in [0.25, 0.3) is 0 Å². The molecule has 110 valence electrons. The van der Waals surface area contributed by atoms with Crippen molar-refractivity contribution < 1.29 is 9.53 Å². The predicted molar refractivity (Wildman–Crippen MR) is 82.0 cm³/mol. The van der Waals surface area contributed by atoms with Crippen LogP contribution < -0.4 is 16.0 Å². The number of nitrogens with zero attached hydrogens (tertiary/aromatic N) is 1. The van der Waals surface area contributed by atoms with Crippen molar-refractivity contribution in [3.8, 4) is 0 Å². The lowest BCUT2D eigenvalue weighted by Gasteiger charge is -2.30. The molecule has 0 unspecified atom stereocenters. The minimum atomic E-state index is 0.0481. The van der Waals surface area contributed by atoms with Gasteiger partial charge in [0.1, 0.15) is 0 Å². The van der Waals surface area contributed by atoms with E-state index in [-0.39, 0.29) is 5.91 Å². The molecule has 5 nitrogen and oxygen atoms in total. The average molecular weight is 277 g/mol. The van der Waals surface area contributed by atoms with Crippen molar-refractivity contribution in [2.45, 2.75) is 26.2 Å². The van der Waals surface area contributed by atoms with Crippen LogP contribution in [0.3, 0.4) is 0 Å². The van der Waals surface area contributed by atoms with E-state index in [1.807, 2.05) is 18.2 Å². The lowest BCUT2D eigenvalue weighted by atomic mass is 10.2. The number of benzene rings is 1. The zero-order valence-corrected chi connectivity index (χ0v) is 12.0. The molecular weight excluding hydrogens is 254 g/mol. The number of amides is 1. The van der Waals surface area contributed by atoms with Crippen LogP contribution in [0.4, 0.5) is 17.1 Å². The van der Waals surface area contributed by atoms with Crippen molar-refractivity contribution in [1.29, 1.82) is 0 Å². The lowest BCUT2D eigenvalue weighted by Crippen LogP contribution is -2.36. The van der Waals surface area contributed by atoms with Crippen LogP contribution in [0.5, 0.6) is 0 Å². The Kier molecular flexibility index (Phi) is 5.24. The zero-order valence-electron chi connectivity index (χ0n) is 12.0. The molecule has 0 radical (unpaired) electrons. The summed E-state index contributed by atoms with van der Waals surface area (Å²) in [5.74, 6) is 0.0481. The molecule has 0 aromatic heterocycles. The second-order valence-corrected chi connectivity index (χ2v) is 5.03. The quantitative estimate of drug-likeness (QED) is 0.810. The number of nitrogen functional groups attached to an aromatic ring is 1. The number of nitrogens with one attached hydrogen (secondary N) is 1. The molecule has 1 aromatic carbocycles. The molecule has 0 bridgehead atoms. The van der Waals surface area contributed by atoms with E-state index in [9.17, 15) is 4.79 Å². The van der Waals surface area contributed by atoms with Gasteiger partial charge in [-0.1, -0.05) is 13.3 Å². The maximum atomic E-state index is 11.9. The predicted octanol–water partition coefficient (Wildman–Crippen LogP) is 2.23. The number of rotatable bonds is 5. The fraction of sp³-hybridized carbons (Fsp3) is 0.533. The largest absolute Gasteiger partial charge is 0.399 e. The van der Waals surface area contributed by atoms with Gasteiger partial charge < -0.3 is 20.7 Å². The van der Waals surface area contributed by atoms with Crippen LogP contribution in [0.15, 0.2) is 18.2 Å². The van der Waals surface area contributed by atoms with Gasteiger partial charge in [-0.15, -0.1) is 0 Å². The fourth-order valence-electron chi connectivity index (χ4n) is 2.28. The molecular formula is C15H23N3O2. The van der Waals surface area contributed by atoms with Crippen LogP contribution in [0.25, 0.3) is 0 Å². The number of morpholine rings is 1. The minimum Gasteiger partial charge on any atom is -0.399 e. The van der Waals surface area contributed by atoms with Gasteiger partial charge in [0.2, 0.25) is 5.91 Å². The van der Waals surface area contributed by atoms with Crippen molar-refractivity contribution in [2.75, 3.05) is 42.3 Å². The highest BCUT2D eigenvalue weighted by molar-refractivity contribution is 5.95. The van der Waals surface area contributed by atoms with Crippen LogP contribution in [0.1, 0.15) is 26.2 Å². The second-order valence-electron chi connectivity index (χ2n) is 5.03. The molecule has 1 aromatic rings. The topological polar surface area (TPSA) is 67.6 Å². The van der Waals surface area contributed by atoms with Crippen molar-refractivity contribution in [1.82, 2.24) is 0 Å². The summed E-state index contributed by atoms with van der Waals surface area (Å²) >= 11 is 0. The van der Waals surface area contributed by atoms with Crippen LogP contribution in [0, 0.1) is 0 Å². The summed E-state index contributed by atoms with van der Waals surface area (Å²) in [5, 5.41) is 2.98. The minimum absolute atomic E-state index is 0.0481. The van der Waals surface area contributed by atoms with Gasteiger partial charge in [-0.2, -0.15) is 0 Å². The molecule has 0 aliphatic carbocycles. The Morgan fingerprint density at radius 3 is 2.85 bits per heavy atom. The molecule has 0 atom stereocenters. The normalized spacial score (nSPS) is 15.2. The van der Waals surface area contributed by atoms with E-state index < -0.39 is 0 Å². The van der Waals surface area contributed by atoms with Gasteiger partial charge in [0.05, 0.1) is 24.6 Å². The summed E-state index contributed by atoms with van der Waals surface area (Å²) in [7, 11) is 0. The summed E-state index contributed by atoms with van der Waals surface area (Å²) in [6.45, 7) is 5.18. The van der Waals surface area contributed by atoms with Gasteiger partial charge in [-0.25, -0.2) is 0 Å².